The average molecular weight is 415 g/mol. The van der Waals surface area contributed by atoms with Gasteiger partial charge in [-0.25, -0.2) is 4.98 Å². The molecule has 0 bridgehead atoms. The van der Waals surface area contributed by atoms with Gasteiger partial charge in [0.15, 0.2) is 5.16 Å². The van der Waals surface area contributed by atoms with Gasteiger partial charge in [-0.15, -0.1) is 11.3 Å². The van der Waals surface area contributed by atoms with E-state index in [1.54, 1.807) is 6.92 Å². The van der Waals surface area contributed by atoms with Crippen LogP contribution in [0.3, 0.4) is 0 Å². The number of hydrogen-bond donors (Lipinski definition) is 1. The Kier molecular flexibility index (Phi) is 5.82. The molecule has 1 N–H and O–H groups in total. The van der Waals surface area contributed by atoms with E-state index in [1.165, 1.54) is 47.1 Å². The molecule has 7 heteroatoms. The van der Waals surface area contributed by atoms with E-state index >= 15 is 0 Å². The number of H-pyrrole nitrogens is 1. The van der Waals surface area contributed by atoms with Gasteiger partial charge in [0.2, 0.25) is 0 Å². The van der Waals surface area contributed by atoms with Gasteiger partial charge >= 0.3 is 5.97 Å². The second kappa shape index (κ2) is 8.49. The van der Waals surface area contributed by atoms with Gasteiger partial charge in [0.25, 0.3) is 5.56 Å². The number of aromatic nitrogens is 2. The molecule has 146 valence electrons. The van der Waals surface area contributed by atoms with Crippen LogP contribution in [0, 0.1) is 0 Å². The lowest BCUT2D eigenvalue weighted by Gasteiger charge is -2.16. The maximum atomic E-state index is 12.7. The molecular formula is C21H22N2O3S2. The maximum absolute atomic E-state index is 12.7. The Labute approximate surface area is 171 Å². The van der Waals surface area contributed by atoms with E-state index in [9.17, 15) is 9.59 Å². The van der Waals surface area contributed by atoms with Crippen molar-refractivity contribution in [2.24, 2.45) is 0 Å². The summed E-state index contributed by atoms with van der Waals surface area (Å²) in [6, 6.07) is 6.55. The topological polar surface area (TPSA) is 72.0 Å². The van der Waals surface area contributed by atoms with Crippen LogP contribution in [-0.2, 0) is 22.4 Å². The molecule has 28 heavy (non-hydrogen) atoms. The fourth-order valence-corrected chi connectivity index (χ4v) is 5.36. The van der Waals surface area contributed by atoms with Gasteiger partial charge in [0.05, 0.1) is 18.4 Å². The maximum Gasteiger partial charge on any atom is 0.306 e. The van der Waals surface area contributed by atoms with Gasteiger partial charge < -0.3 is 9.72 Å². The fraction of sp³-hybridized carbons (Fsp3) is 0.381. The normalized spacial score (nSPS) is 13.5. The van der Waals surface area contributed by atoms with Crippen LogP contribution in [0.25, 0.3) is 21.3 Å². The van der Waals surface area contributed by atoms with Crippen LogP contribution < -0.4 is 5.56 Å². The molecule has 0 spiro atoms. The standard InChI is InChI=1S/C21H22N2O3S2/c1-2-26-17(24)9-10-27-21-22-19(25)18-16(12-28-20(18)23-21)15-8-7-13-5-3-4-6-14(13)11-15/h7-8,11-12H,2-6,9-10H2,1H3,(H,22,23,25). The Bertz CT molecular complexity index is 1070. The highest BCUT2D eigenvalue weighted by molar-refractivity contribution is 7.99. The minimum atomic E-state index is -0.232. The number of nitrogens with zero attached hydrogens (tertiary/aromatic N) is 1. The monoisotopic (exact) mass is 414 g/mol. The molecule has 0 radical (unpaired) electrons. The van der Waals surface area contributed by atoms with Gasteiger partial charge in [0, 0.05) is 16.7 Å². The highest BCUT2D eigenvalue weighted by atomic mass is 32.2. The summed E-state index contributed by atoms with van der Waals surface area (Å²) >= 11 is 2.85. The Morgan fingerprint density at radius 1 is 1.29 bits per heavy atom. The summed E-state index contributed by atoms with van der Waals surface area (Å²) in [5.74, 6) is 0.292. The fourth-order valence-electron chi connectivity index (χ4n) is 3.58. The first-order chi connectivity index (χ1) is 13.7. The van der Waals surface area contributed by atoms with Crippen molar-refractivity contribution in [3.05, 3.63) is 45.1 Å². The lowest BCUT2D eigenvalue weighted by molar-refractivity contribution is -0.142. The molecule has 1 aromatic carbocycles. The van der Waals surface area contributed by atoms with Crippen LogP contribution in [0.15, 0.2) is 33.5 Å². The summed E-state index contributed by atoms with van der Waals surface area (Å²) in [6.07, 6.45) is 5.05. The third-order valence-corrected chi connectivity index (χ3v) is 6.68. The first-order valence-electron chi connectivity index (χ1n) is 9.58. The van der Waals surface area contributed by atoms with Crippen molar-refractivity contribution in [2.45, 2.75) is 44.2 Å². The van der Waals surface area contributed by atoms with Gasteiger partial charge in [-0.2, -0.15) is 0 Å². The number of hydrogen-bond acceptors (Lipinski definition) is 6. The Hall–Kier alpha value is -2.12. The van der Waals surface area contributed by atoms with Gasteiger partial charge in [-0.1, -0.05) is 30.0 Å². The lowest BCUT2D eigenvalue weighted by atomic mass is 9.89. The molecule has 4 rings (SSSR count). The average Bonchev–Trinajstić information content (AvgIpc) is 3.12. The van der Waals surface area contributed by atoms with Crippen LogP contribution in [0.5, 0.6) is 0 Å². The molecule has 0 atom stereocenters. The van der Waals surface area contributed by atoms with E-state index in [0.717, 1.165) is 28.8 Å². The number of benzene rings is 1. The lowest BCUT2D eigenvalue weighted by Crippen LogP contribution is -2.10. The number of fused-ring (bicyclic) bond motifs is 2. The van der Waals surface area contributed by atoms with Crippen molar-refractivity contribution in [3.63, 3.8) is 0 Å². The summed E-state index contributed by atoms with van der Waals surface area (Å²) in [7, 11) is 0. The van der Waals surface area contributed by atoms with E-state index in [2.05, 4.69) is 28.2 Å². The zero-order valence-corrected chi connectivity index (χ0v) is 17.4. The molecule has 0 amide bonds. The van der Waals surface area contributed by atoms with Crippen molar-refractivity contribution < 1.29 is 9.53 Å². The molecule has 0 fully saturated rings. The van der Waals surface area contributed by atoms with Crippen LogP contribution in [0.4, 0.5) is 0 Å². The summed E-state index contributed by atoms with van der Waals surface area (Å²) in [6.45, 7) is 2.17. The second-order valence-corrected chi connectivity index (χ2v) is 8.74. The summed E-state index contributed by atoms with van der Waals surface area (Å²) in [4.78, 5) is 32.4. The quantitative estimate of drug-likeness (QED) is 0.363. The van der Waals surface area contributed by atoms with Crippen molar-refractivity contribution in [1.29, 1.82) is 0 Å². The van der Waals surface area contributed by atoms with Crippen molar-refractivity contribution >= 4 is 39.3 Å². The van der Waals surface area contributed by atoms with Crippen molar-refractivity contribution in [2.75, 3.05) is 12.4 Å². The number of rotatable bonds is 6. The predicted molar refractivity (Wildman–Crippen MR) is 114 cm³/mol. The Balaban J connectivity index is 1.59. The minimum Gasteiger partial charge on any atom is -0.466 e. The molecule has 0 aliphatic heterocycles. The number of carbonyl (C=O) groups is 1. The van der Waals surface area contributed by atoms with E-state index in [1.807, 2.05) is 5.38 Å². The van der Waals surface area contributed by atoms with E-state index in [0.29, 0.717) is 29.3 Å². The number of nitrogens with one attached hydrogen (secondary N) is 1. The molecule has 0 saturated heterocycles. The second-order valence-electron chi connectivity index (χ2n) is 6.79. The van der Waals surface area contributed by atoms with Crippen LogP contribution in [0.2, 0.25) is 0 Å². The predicted octanol–water partition coefficient (Wildman–Crippen LogP) is 4.58. The highest BCUT2D eigenvalue weighted by Gasteiger charge is 2.16. The number of esters is 1. The van der Waals surface area contributed by atoms with Gasteiger partial charge in [-0.3, -0.25) is 9.59 Å². The molecule has 0 saturated carbocycles. The molecule has 2 aromatic heterocycles. The smallest absolute Gasteiger partial charge is 0.306 e. The highest BCUT2D eigenvalue weighted by Crippen LogP contribution is 2.34. The number of aryl methyl sites for hydroxylation is 2. The zero-order valence-electron chi connectivity index (χ0n) is 15.7. The van der Waals surface area contributed by atoms with Crippen LogP contribution >= 0.6 is 23.1 Å². The molecule has 3 aromatic rings. The van der Waals surface area contributed by atoms with E-state index < -0.39 is 0 Å². The molecule has 0 unspecified atom stereocenters. The third kappa shape index (κ3) is 4.00. The van der Waals surface area contributed by atoms with Crippen LogP contribution in [0.1, 0.15) is 37.3 Å². The molecular weight excluding hydrogens is 392 g/mol. The Morgan fingerprint density at radius 3 is 2.93 bits per heavy atom. The number of aromatic amines is 1. The molecule has 2 heterocycles. The third-order valence-electron chi connectivity index (χ3n) is 4.93. The van der Waals surface area contributed by atoms with E-state index in [-0.39, 0.29) is 11.5 Å². The SMILES string of the molecule is CCOC(=O)CCSc1nc2scc(-c3ccc4c(c3)CCCC4)c2c(=O)[nH]1. The first-order valence-corrected chi connectivity index (χ1v) is 11.4. The number of thiophene rings is 1. The molecule has 1 aliphatic rings. The van der Waals surface area contributed by atoms with Crippen molar-refractivity contribution in [1.82, 2.24) is 9.97 Å². The zero-order chi connectivity index (χ0) is 19.5. The molecule has 1 aliphatic carbocycles. The Morgan fingerprint density at radius 2 is 2.11 bits per heavy atom. The minimum absolute atomic E-state index is 0.127. The first kappa shape index (κ1) is 19.2. The number of ether oxygens (including phenoxy) is 1. The van der Waals surface area contributed by atoms with Crippen molar-refractivity contribution in [3.8, 4) is 11.1 Å². The van der Waals surface area contributed by atoms with Gasteiger partial charge in [0.1, 0.15) is 4.83 Å². The summed E-state index contributed by atoms with van der Waals surface area (Å²) in [5, 5.41) is 3.21. The number of carbonyl (C=O) groups excluding carboxylic acids is 1. The number of thioether (sulfide) groups is 1. The summed E-state index contributed by atoms with van der Waals surface area (Å²) in [5.41, 5.74) is 4.74. The summed E-state index contributed by atoms with van der Waals surface area (Å²) < 4.78 is 4.92. The molecule has 5 nitrogen and oxygen atoms in total. The van der Waals surface area contributed by atoms with E-state index in [4.69, 9.17) is 4.74 Å². The van der Waals surface area contributed by atoms with Gasteiger partial charge in [-0.05, 0) is 49.3 Å². The van der Waals surface area contributed by atoms with Crippen LogP contribution in [-0.4, -0.2) is 28.3 Å². The largest absolute Gasteiger partial charge is 0.466 e.